The molecule has 0 aromatic heterocycles. The molecule has 0 aliphatic heterocycles. The molecule has 0 heteroatoms. The van der Waals surface area contributed by atoms with Gasteiger partial charge in [0.25, 0.3) is 0 Å². The second-order valence-electron chi connectivity index (χ2n) is 12.8. The Morgan fingerprint density at radius 1 is 0.520 bits per heavy atom. The first-order valence-electron chi connectivity index (χ1n) is 10.5. The summed E-state index contributed by atoms with van der Waals surface area (Å²) in [7, 11) is 0. The highest BCUT2D eigenvalue weighted by Gasteiger charge is 2.87. The van der Waals surface area contributed by atoms with E-state index >= 15 is 0 Å². The van der Waals surface area contributed by atoms with Gasteiger partial charge in [0.1, 0.15) is 0 Å². The first-order valence-corrected chi connectivity index (χ1v) is 10.5. The molecule has 2 fully saturated rings. The van der Waals surface area contributed by atoms with Gasteiger partial charge in [-0.25, -0.2) is 0 Å². The van der Waals surface area contributed by atoms with Crippen molar-refractivity contribution in [1.29, 1.82) is 0 Å². The summed E-state index contributed by atoms with van der Waals surface area (Å²) in [5, 5.41) is 0. The zero-order chi connectivity index (χ0) is 19.9. The van der Waals surface area contributed by atoms with E-state index in [4.69, 9.17) is 0 Å². The van der Waals surface area contributed by atoms with Crippen molar-refractivity contribution in [1.82, 2.24) is 0 Å². The number of hydrogen-bond acceptors (Lipinski definition) is 0. The molecule has 0 nitrogen and oxygen atoms in total. The summed E-state index contributed by atoms with van der Waals surface area (Å²) in [4.78, 5) is 0. The van der Waals surface area contributed by atoms with Gasteiger partial charge in [0.05, 0.1) is 0 Å². The summed E-state index contributed by atoms with van der Waals surface area (Å²) in [6, 6.07) is 0. The fraction of sp³-hybridized carbons (Fsp3) is 0.920. The van der Waals surface area contributed by atoms with Crippen LogP contribution in [0, 0.1) is 43.3 Å². The van der Waals surface area contributed by atoms with Crippen LogP contribution in [0.4, 0.5) is 0 Å². The molecule has 144 valence electrons. The molecule has 0 aromatic rings. The van der Waals surface area contributed by atoms with Crippen LogP contribution in [0.5, 0.6) is 0 Å². The summed E-state index contributed by atoms with van der Waals surface area (Å²) in [6.07, 6.45) is 1.32. The van der Waals surface area contributed by atoms with Crippen LogP contribution in [0.3, 0.4) is 0 Å². The quantitative estimate of drug-likeness (QED) is 0.392. The van der Waals surface area contributed by atoms with Gasteiger partial charge in [-0.1, -0.05) is 94.2 Å². The Balaban J connectivity index is 2.68. The van der Waals surface area contributed by atoms with E-state index in [1.165, 1.54) is 6.42 Å². The number of hydrogen-bond donors (Lipinski definition) is 0. The molecule has 0 heterocycles. The average molecular weight is 345 g/mol. The average Bonchev–Trinajstić information content (AvgIpc) is 2.57. The molecule has 0 aromatic carbocycles. The van der Waals surface area contributed by atoms with Crippen LogP contribution in [0.2, 0.25) is 0 Å². The van der Waals surface area contributed by atoms with E-state index < -0.39 is 0 Å². The van der Waals surface area contributed by atoms with E-state index in [0.717, 1.165) is 0 Å². The van der Waals surface area contributed by atoms with Crippen molar-refractivity contribution >= 4 is 0 Å². The van der Waals surface area contributed by atoms with E-state index in [9.17, 15) is 0 Å². The maximum atomic E-state index is 2.66. The van der Waals surface area contributed by atoms with Gasteiger partial charge in [-0.2, -0.15) is 0 Å². The number of allylic oxidation sites excluding steroid dienone is 2. The standard InChI is InChI=1S/C25H44/c1-16-17(2)22(11)15-23(12)21(9,10)25(22,14)20(7,8)19(5,6)24(23,13)18(16,3)4/h15H2,1-14H3. The molecule has 4 unspecified atom stereocenters. The highest BCUT2D eigenvalue weighted by atomic mass is 14.9. The summed E-state index contributed by atoms with van der Waals surface area (Å²) in [6.45, 7) is 36.2. The van der Waals surface area contributed by atoms with Crippen LogP contribution in [-0.2, 0) is 0 Å². The lowest BCUT2D eigenvalue weighted by molar-refractivity contribution is -0.305. The number of rotatable bonds is 0. The fourth-order valence-corrected chi connectivity index (χ4v) is 9.79. The molecule has 0 radical (unpaired) electrons. The second kappa shape index (κ2) is 4.10. The normalized spacial score (nSPS) is 51.6. The maximum absolute atomic E-state index is 2.66. The molecular weight excluding hydrogens is 300 g/mol. The monoisotopic (exact) mass is 344 g/mol. The van der Waals surface area contributed by atoms with Crippen LogP contribution in [-0.4, -0.2) is 0 Å². The third-order valence-electron chi connectivity index (χ3n) is 13.2. The van der Waals surface area contributed by atoms with Crippen molar-refractivity contribution in [2.45, 2.75) is 103 Å². The van der Waals surface area contributed by atoms with Gasteiger partial charge >= 0.3 is 0 Å². The van der Waals surface area contributed by atoms with Crippen LogP contribution in [0.1, 0.15) is 103 Å². The van der Waals surface area contributed by atoms with Gasteiger partial charge in [0, 0.05) is 0 Å². The maximum Gasteiger partial charge on any atom is -0.00464 e. The molecule has 0 saturated heterocycles. The highest BCUT2D eigenvalue weighted by Crippen LogP contribution is 2.93. The van der Waals surface area contributed by atoms with E-state index in [1.807, 2.05) is 0 Å². The minimum atomic E-state index is 0.184. The van der Waals surface area contributed by atoms with Crippen molar-refractivity contribution in [2.24, 2.45) is 43.3 Å². The smallest absolute Gasteiger partial charge is 0.00464 e. The second-order valence-corrected chi connectivity index (χ2v) is 12.8. The van der Waals surface area contributed by atoms with E-state index in [-0.39, 0.29) is 37.9 Å². The van der Waals surface area contributed by atoms with E-state index in [1.54, 1.807) is 11.1 Å². The van der Waals surface area contributed by atoms with Gasteiger partial charge in [0.2, 0.25) is 0 Å². The van der Waals surface area contributed by atoms with Crippen molar-refractivity contribution in [3.8, 4) is 0 Å². The molecule has 2 saturated carbocycles. The lowest BCUT2D eigenvalue weighted by Crippen LogP contribution is -2.74. The van der Waals surface area contributed by atoms with Crippen molar-refractivity contribution in [3.63, 3.8) is 0 Å². The number of fused-ring (bicyclic) bond motifs is 3. The first-order chi connectivity index (χ1) is 10.8. The molecule has 0 amide bonds. The molecule has 4 atom stereocenters. The first kappa shape index (κ1) is 19.5. The van der Waals surface area contributed by atoms with Gasteiger partial charge in [-0.3, -0.25) is 0 Å². The Hall–Kier alpha value is -0.260. The molecule has 3 aliphatic rings. The largest absolute Gasteiger partial charge is 0.0676 e. The fourth-order valence-electron chi connectivity index (χ4n) is 9.79. The van der Waals surface area contributed by atoms with Gasteiger partial charge in [0.15, 0.2) is 0 Å². The summed E-state index contributed by atoms with van der Waals surface area (Å²) >= 11 is 0. The topological polar surface area (TPSA) is 0 Å². The summed E-state index contributed by atoms with van der Waals surface area (Å²) in [5.74, 6) is 0. The zero-order valence-electron chi connectivity index (χ0n) is 19.7. The molecule has 25 heavy (non-hydrogen) atoms. The SMILES string of the molecule is CC1=C(C)C2(C)CC3(C)C(C)(C)C2(C)C(C)(C)C(C)(C)C3(C)C1(C)C. The minimum Gasteiger partial charge on any atom is -0.0676 e. The van der Waals surface area contributed by atoms with Crippen LogP contribution in [0.25, 0.3) is 0 Å². The Labute approximate surface area is 158 Å². The lowest BCUT2D eigenvalue weighted by atomic mass is 9.24. The highest BCUT2D eigenvalue weighted by molar-refractivity contribution is 5.45. The Morgan fingerprint density at radius 3 is 1.36 bits per heavy atom. The predicted octanol–water partition coefficient (Wildman–Crippen LogP) is 7.88. The molecular formula is C25H44. The van der Waals surface area contributed by atoms with Gasteiger partial charge in [-0.05, 0) is 63.6 Å². The van der Waals surface area contributed by atoms with E-state index in [0.29, 0.717) is 5.41 Å². The Morgan fingerprint density at radius 2 is 0.920 bits per heavy atom. The third kappa shape index (κ3) is 1.28. The van der Waals surface area contributed by atoms with Crippen molar-refractivity contribution in [2.75, 3.05) is 0 Å². The van der Waals surface area contributed by atoms with Crippen LogP contribution < -0.4 is 0 Å². The molecule has 3 bridgehead atoms. The van der Waals surface area contributed by atoms with Crippen molar-refractivity contribution < 1.29 is 0 Å². The molecule has 3 aliphatic carbocycles. The molecule has 3 rings (SSSR count). The van der Waals surface area contributed by atoms with Crippen LogP contribution >= 0.6 is 0 Å². The summed E-state index contributed by atoms with van der Waals surface area (Å²) in [5.41, 5.74) is 5.31. The van der Waals surface area contributed by atoms with Crippen molar-refractivity contribution in [3.05, 3.63) is 11.1 Å². The third-order valence-corrected chi connectivity index (χ3v) is 13.2. The zero-order valence-corrected chi connectivity index (χ0v) is 19.7. The Kier molecular flexibility index (Phi) is 3.20. The summed E-state index contributed by atoms with van der Waals surface area (Å²) < 4.78 is 0. The lowest BCUT2D eigenvalue weighted by Gasteiger charge is -2.79. The predicted molar refractivity (Wildman–Crippen MR) is 111 cm³/mol. The minimum absolute atomic E-state index is 0.184. The van der Waals surface area contributed by atoms with Gasteiger partial charge < -0.3 is 0 Å². The van der Waals surface area contributed by atoms with E-state index in [2.05, 4.69) is 96.9 Å². The molecule has 0 N–H and O–H groups in total. The van der Waals surface area contributed by atoms with Crippen LogP contribution in [0.15, 0.2) is 11.1 Å². The van der Waals surface area contributed by atoms with Gasteiger partial charge in [-0.15, -0.1) is 0 Å². The molecule has 0 spiro atoms. The Bertz CT molecular complexity index is 679.